The summed E-state index contributed by atoms with van der Waals surface area (Å²) in [6, 6.07) is 0. The predicted molar refractivity (Wildman–Crippen MR) is 60.5 cm³/mol. The van der Waals surface area contributed by atoms with Gasteiger partial charge in [-0.1, -0.05) is 20.8 Å². The lowest BCUT2D eigenvalue weighted by molar-refractivity contribution is 0.0567. The number of rotatable bonds is 4. The molecule has 0 saturated heterocycles. The van der Waals surface area contributed by atoms with Crippen LogP contribution in [0.3, 0.4) is 0 Å². The molecule has 1 aromatic heterocycles. The first-order chi connectivity index (χ1) is 7.51. The summed E-state index contributed by atoms with van der Waals surface area (Å²) in [5, 5.41) is 9.61. The van der Waals surface area contributed by atoms with Crippen molar-refractivity contribution in [2.45, 2.75) is 33.3 Å². The lowest BCUT2D eigenvalue weighted by Crippen LogP contribution is -2.21. The first-order valence-electron chi connectivity index (χ1n) is 5.36. The highest BCUT2D eigenvalue weighted by Gasteiger charge is 2.20. The quantitative estimate of drug-likeness (QED) is 0.813. The molecule has 0 bridgehead atoms. The number of aromatic hydroxyl groups is 1. The van der Waals surface area contributed by atoms with Gasteiger partial charge in [0.05, 0.1) is 5.56 Å². The molecule has 0 spiro atoms. The lowest BCUT2D eigenvalue weighted by atomic mass is 10.1. The van der Waals surface area contributed by atoms with Crippen LogP contribution in [-0.2, 0) is 11.2 Å². The van der Waals surface area contributed by atoms with Gasteiger partial charge in [-0.25, -0.2) is 0 Å². The van der Waals surface area contributed by atoms with Crippen LogP contribution in [0.25, 0.3) is 0 Å². The lowest BCUT2D eigenvalue weighted by Gasteiger charge is -2.18. The molecule has 1 aromatic rings. The Bertz CT molecular complexity index is 412. The van der Waals surface area contributed by atoms with Gasteiger partial charge in [0.2, 0.25) is 5.88 Å². The summed E-state index contributed by atoms with van der Waals surface area (Å²) in [5.41, 5.74) is 0.00931. The van der Waals surface area contributed by atoms with Crippen LogP contribution in [0.15, 0.2) is 4.79 Å². The molecule has 1 rings (SSSR count). The Morgan fingerprint density at radius 1 is 1.50 bits per heavy atom. The monoisotopic (exact) mass is 226 g/mol. The summed E-state index contributed by atoms with van der Waals surface area (Å²) in [6.07, 6.45) is 0.137. The third-order valence-electron chi connectivity index (χ3n) is 2.49. The molecular formula is C11H18N2O3. The Kier molecular flexibility index (Phi) is 4.06. The molecule has 0 aliphatic heterocycles. The number of ether oxygens (including phenoxy) is 1. The average molecular weight is 226 g/mol. The van der Waals surface area contributed by atoms with Gasteiger partial charge in [0.15, 0.2) is 0 Å². The van der Waals surface area contributed by atoms with E-state index in [4.69, 9.17) is 4.74 Å². The van der Waals surface area contributed by atoms with Gasteiger partial charge < -0.3 is 14.8 Å². The Morgan fingerprint density at radius 3 is 2.50 bits per heavy atom. The van der Waals surface area contributed by atoms with E-state index in [0.717, 1.165) is 0 Å². The fourth-order valence-corrected chi connectivity index (χ4v) is 1.66. The van der Waals surface area contributed by atoms with Crippen LogP contribution < -0.4 is 5.56 Å². The molecule has 90 valence electrons. The number of hydrogen-bond acceptors (Lipinski definition) is 4. The smallest absolute Gasteiger partial charge is 0.257 e. The molecule has 1 unspecified atom stereocenters. The van der Waals surface area contributed by atoms with E-state index in [-0.39, 0.29) is 23.5 Å². The van der Waals surface area contributed by atoms with Crippen LogP contribution in [0.5, 0.6) is 5.88 Å². The number of methoxy groups -OCH3 is 1. The second-order valence-electron chi connectivity index (χ2n) is 4.01. The van der Waals surface area contributed by atoms with Crippen LogP contribution in [0.2, 0.25) is 0 Å². The Balaban J connectivity index is 3.22. The molecule has 0 aromatic carbocycles. The number of H-pyrrole nitrogens is 1. The molecular weight excluding hydrogens is 208 g/mol. The van der Waals surface area contributed by atoms with Crippen LogP contribution in [0.4, 0.5) is 0 Å². The zero-order valence-corrected chi connectivity index (χ0v) is 10.1. The van der Waals surface area contributed by atoms with Gasteiger partial charge in [0.25, 0.3) is 5.56 Å². The standard InChI is InChI=1S/C11H18N2O3/c1-5-7-10(14)12-9(13-11(7)15)8(16-4)6(2)3/h6,8H,5H2,1-4H3,(H2,12,13,14,15). The molecule has 5 nitrogen and oxygen atoms in total. The van der Waals surface area contributed by atoms with E-state index in [1.165, 1.54) is 0 Å². The highest BCUT2D eigenvalue weighted by Crippen LogP contribution is 2.22. The summed E-state index contributed by atoms with van der Waals surface area (Å²) in [7, 11) is 1.55. The molecule has 0 fully saturated rings. The first kappa shape index (κ1) is 12.7. The molecule has 16 heavy (non-hydrogen) atoms. The number of hydrogen-bond donors (Lipinski definition) is 2. The normalized spacial score (nSPS) is 13.1. The molecule has 1 atom stereocenters. The summed E-state index contributed by atoms with van der Waals surface area (Å²) in [6.45, 7) is 5.71. The molecule has 0 amide bonds. The van der Waals surface area contributed by atoms with Crippen molar-refractivity contribution in [3.8, 4) is 5.88 Å². The van der Waals surface area contributed by atoms with Crippen molar-refractivity contribution in [1.82, 2.24) is 9.97 Å². The van der Waals surface area contributed by atoms with Crippen molar-refractivity contribution < 1.29 is 9.84 Å². The van der Waals surface area contributed by atoms with Crippen LogP contribution in [0, 0.1) is 5.92 Å². The van der Waals surface area contributed by atoms with E-state index in [1.54, 1.807) is 14.0 Å². The van der Waals surface area contributed by atoms with Crippen molar-refractivity contribution in [1.29, 1.82) is 0 Å². The Hall–Kier alpha value is -1.36. The van der Waals surface area contributed by atoms with E-state index < -0.39 is 0 Å². The second kappa shape index (κ2) is 5.12. The number of aromatic nitrogens is 2. The fourth-order valence-electron chi connectivity index (χ4n) is 1.66. The van der Waals surface area contributed by atoms with Gasteiger partial charge in [-0.2, -0.15) is 4.98 Å². The summed E-state index contributed by atoms with van der Waals surface area (Å²) < 4.78 is 5.24. The third kappa shape index (κ3) is 2.41. The molecule has 0 aliphatic rings. The first-order valence-corrected chi connectivity index (χ1v) is 5.36. The van der Waals surface area contributed by atoms with Gasteiger partial charge in [-0.3, -0.25) is 4.79 Å². The minimum absolute atomic E-state index is 0.167. The molecule has 2 N–H and O–H groups in total. The van der Waals surface area contributed by atoms with Crippen LogP contribution >= 0.6 is 0 Å². The number of aromatic amines is 1. The fraction of sp³-hybridized carbons (Fsp3) is 0.636. The van der Waals surface area contributed by atoms with Crippen molar-refractivity contribution >= 4 is 0 Å². The van der Waals surface area contributed by atoms with E-state index in [0.29, 0.717) is 17.8 Å². The molecule has 0 saturated carbocycles. The van der Waals surface area contributed by atoms with Crippen molar-refractivity contribution in [3.05, 3.63) is 21.7 Å². The summed E-state index contributed by atoms with van der Waals surface area (Å²) >= 11 is 0. The van der Waals surface area contributed by atoms with Crippen molar-refractivity contribution in [2.75, 3.05) is 7.11 Å². The highest BCUT2D eigenvalue weighted by molar-refractivity contribution is 5.22. The second-order valence-corrected chi connectivity index (χ2v) is 4.01. The van der Waals surface area contributed by atoms with Gasteiger partial charge in [0, 0.05) is 7.11 Å². The topological polar surface area (TPSA) is 75.2 Å². The molecule has 5 heteroatoms. The largest absolute Gasteiger partial charge is 0.493 e. The van der Waals surface area contributed by atoms with E-state index in [2.05, 4.69) is 9.97 Å². The predicted octanol–water partition coefficient (Wildman–Crippen LogP) is 1.38. The summed E-state index contributed by atoms with van der Waals surface area (Å²) in [4.78, 5) is 18.2. The molecule has 1 heterocycles. The van der Waals surface area contributed by atoms with Crippen molar-refractivity contribution in [2.24, 2.45) is 5.92 Å². The van der Waals surface area contributed by atoms with Crippen LogP contribution in [0.1, 0.15) is 38.3 Å². The Labute approximate surface area is 94.5 Å². The zero-order chi connectivity index (χ0) is 12.3. The Morgan fingerprint density at radius 2 is 2.12 bits per heavy atom. The average Bonchev–Trinajstić information content (AvgIpc) is 2.17. The van der Waals surface area contributed by atoms with Gasteiger partial charge in [0.1, 0.15) is 11.9 Å². The van der Waals surface area contributed by atoms with Gasteiger partial charge in [-0.15, -0.1) is 0 Å². The van der Waals surface area contributed by atoms with Crippen molar-refractivity contribution in [3.63, 3.8) is 0 Å². The minimum Gasteiger partial charge on any atom is -0.493 e. The zero-order valence-electron chi connectivity index (χ0n) is 10.1. The van der Waals surface area contributed by atoms with E-state index in [1.807, 2.05) is 13.8 Å². The van der Waals surface area contributed by atoms with Crippen LogP contribution in [-0.4, -0.2) is 22.2 Å². The molecule has 0 aliphatic carbocycles. The highest BCUT2D eigenvalue weighted by atomic mass is 16.5. The SMILES string of the molecule is CCc1c(O)nc(C(OC)C(C)C)[nH]c1=O. The number of nitrogens with one attached hydrogen (secondary N) is 1. The molecule has 0 radical (unpaired) electrons. The van der Waals surface area contributed by atoms with Gasteiger partial charge in [-0.05, 0) is 12.3 Å². The van der Waals surface area contributed by atoms with E-state index >= 15 is 0 Å². The minimum atomic E-state index is -0.315. The third-order valence-corrected chi connectivity index (χ3v) is 2.49. The maximum atomic E-state index is 11.6. The number of nitrogens with zero attached hydrogens (tertiary/aromatic N) is 1. The van der Waals surface area contributed by atoms with Gasteiger partial charge >= 0.3 is 0 Å². The maximum absolute atomic E-state index is 11.6. The van der Waals surface area contributed by atoms with E-state index in [9.17, 15) is 9.90 Å². The summed E-state index contributed by atoms with van der Waals surface area (Å²) in [5.74, 6) is 0.334. The maximum Gasteiger partial charge on any atom is 0.257 e.